The summed E-state index contributed by atoms with van der Waals surface area (Å²) in [7, 11) is 0. The quantitative estimate of drug-likeness (QED) is 0.257. The monoisotopic (exact) mass is 399 g/mol. The second kappa shape index (κ2) is 14.6. The summed E-state index contributed by atoms with van der Waals surface area (Å²) in [5.74, 6) is 2.13. The molecule has 2 heteroatoms. The third-order valence-corrected chi connectivity index (χ3v) is 6.71. The lowest BCUT2D eigenvalue weighted by Gasteiger charge is -2.22. The van der Waals surface area contributed by atoms with Crippen LogP contribution >= 0.6 is 0 Å². The van der Waals surface area contributed by atoms with Gasteiger partial charge in [0.15, 0.2) is 0 Å². The molecular formula is C27H45NO. The predicted octanol–water partition coefficient (Wildman–Crippen LogP) is 8.20. The standard InChI is InChI=1S/C27H45NO/c1-4-5-6-7-8-9-10-11-12-13-14-16-19-23(2)24(3)26-22-29-27(28-26)25-20-17-15-18-21-25/h15,17-18,20-21,23-24,26H,4-14,16,19,22H2,1-3H3/t23-,24+,26-/m0/s1. The zero-order valence-electron chi connectivity index (χ0n) is 19.4. The maximum Gasteiger partial charge on any atom is 0.216 e. The van der Waals surface area contributed by atoms with Gasteiger partial charge in [0.25, 0.3) is 0 Å². The topological polar surface area (TPSA) is 21.6 Å². The summed E-state index contributed by atoms with van der Waals surface area (Å²) in [5, 5.41) is 0. The van der Waals surface area contributed by atoms with Crippen molar-refractivity contribution in [3.63, 3.8) is 0 Å². The van der Waals surface area contributed by atoms with Crippen LogP contribution in [0, 0.1) is 11.8 Å². The van der Waals surface area contributed by atoms with Crippen LogP contribution < -0.4 is 0 Å². The Labute approximate surface area is 180 Å². The summed E-state index contributed by atoms with van der Waals surface area (Å²) in [6, 6.07) is 10.6. The fourth-order valence-electron chi connectivity index (χ4n) is 4.35. The summed E-state index contributed by atoms with van der Waals surface area (Å²) in [6.45, 7) is 7.80. The van der Waals surface area contributed by atoms with Gasteiger partial charge in [-0.25, -0.2) is 4.99 Å². The minimum Gasteiger partial charge on any atom is -0.475 e. The van der Waals surface area contributed by atoms with Crippen LogP contribution in [-0.2, 0) is 4.74 Å². The lowest BCUT2D eigenvalue weighted by atomic mass is 9.86. The molecule has 1 aliphatic heterocycles. The number of aliphatic imine (C=N–C) groups is 1. The summed E-state index contributed by atoms with van der Waals surface area (Å²) in [5.41, 5.74) is 1.11. The van der Waals surface area contributed by atoms with E-state index < -0.39 is 0 Å². The van der Waals surface area contributed by atoms with Crippen LogP contribution in [0.15, 0.2) is 35.3 Å². The van der Waals surface area contributed by atoms with E-state index in [9.17, 15) is 0 Å². The largest absolute Gasteiger partial charge is 0.475 e. The third-order valence-electron chi connectivity index (χ3n) is 6.71. The molecule has 0 aliphatic carbocycles. The van der Waals surface area contributed by atoms with Crippen molar-refractivity contribution in [1.29, 1.82) is 0 Å². The number of unbranched alkanes of at least 4 members (excludes halogenated alkanes) is 11. The van der Waals surface area contributed by atoms with Crippen molar-refractivity contribution in [1.82, 2.24) is 0 Å². The van der Waals surface area contributed by atoms with Crippen LogP contribution in [0.2, 0.25) is 0 Å². The van der Waals surface area contributed by atoms with Crippen molar-refractivity contribution in [3.05, 3.63) is 35.9 Å². The molecule has 0 saturated heterocycles. The zero-order valence-corrected chi connectivity index (χ0v) is 19.4. The maximum atomic E-state index is 5.89. The number of hydrogen-bond donors (Lipinski definition) is 0. The Morgan fingerprint density at radius 3 is 1.97 bits per heavy atom. The van der Waals surface area contributed by atoms with Gasteiger partial charge in [0.1, 0.15) is 6.61 Å². The Morgan fingerprint density at radius 2 is 1.38 bits per heavy atom. The molecule has 164 valence electrons. The van der Waals surface area contributed by atoms with Crippen LogP contribution in [0.25, 0.3) is 0 Å². The third kappa shape index (κ3) is 9.36. The van der Waals surface area contributed by atoms with Gasteiger partial charge in [-0.3, -0.25) is 0 Å². The normalized spacial score (nSPS) is 18.3. The molecule has 0 bridgehead atoms. The summed E-state index contributed by atoms with van der Waals surface area (Å²) >= 11 is 0. The van der Waals surface area contributed by atoms with Gasteiger partial charge < -0.3 is 4.74 Å². The molecule has 2 nitrogen and oxygen atoms in total. The molecule has 29 heavy (non-hydrogen) atoms. The second-order valence-electron chi connectivity index (χ2n) is 9.19. The van der Waals surface area contributed by atoms with Gasteiger partial charge in [-0.2, -0.15) is 0 Å². The number of ether oxygens (including phenoxy) is 1. The Balaban J connectivity index is 1.50. The van der Waals surface area contributed by atoms with Crippen molar-refractivity contribution in [2.75, 3.05) is 6.61 Å². The lowest BCUT2D eigenvalue weighted by Crippen LogP contribution is -2.23. The molecule has 0 unspecified atom stereocenters. The van der Waals surface area contributed by atoms with Crippen molar-refractivity contribution < 1.29 is 4.74 Å². The molecule has 0 radical (unpaired) electrons. The molecule has 2 rings (SSSR count). The lowest BCUT2D eigenvalue weighted by molar-refractivity contribution is 0.239. The SMILES string of the molecule is CCCCCCCCCCCCCC[C@H](C)[C@@H](C)[C@@H]1COC(c2ccccc2)=N1. The van der Waals surface area contributed by atoms with E-state index >= 15 is 0 Å². The van der Waals surface area contributed by atoms with Crippen molar-refractivity contribution in [3.8, 4) is 0 Å². The second-order valence-corrected chi connectivity index (χ2v) is 9.19. The van der Waals surface area contributed by atoms with E-state index in [0.29, 0.717) is 17.9 Å². The Bertz CT molecular complexity index is 553. The zero-order chi connectivity index (χ0) is 20.7. The maximum absolute atomic E-state index is 5.89. The molecule has 1 aromatic rings. The van der Waals surface area contributed by atoms with E-state index in [4.69, 9.17) is 9.73 Å². The number of rotatable bonds is 16. The van der Waals surface area contributed by atoms with Gasteiger partial charge >= 0.3 is 0 Å². The van der Waals surface area contributed by atoms with Crippen LogP contribution in [0.1, 0.15) is 110 Å². The summed E-state index contributed by atoms with van der Waals surface area (Å²) in [4.78, 5) is 4.88. The molecule has 0 saturated carbocycles. The minimum atomic E-state index is 0.317. The molecule has 1 aliphatic rings. The minimum absolute atomic E-state index is 0.317. The van der Waals surface area contributed by atoms with E-state index in [2.05, 4.69) is 32.9 Å². The van der Waals surface area contributed by atoms with E-state index in [1.54, 1.807) is 0 Å². The van der Waals surface area contributed by atoms with E-state index in [1.807, 2.05) is 18.2 Å². The first kappa shape index (κ1) is 24.0. The van der Waals surface area contributed by atoms with Crippen molar-refractivity contribution >= 4 is 5.90 Å². The van der Waals surface area contributed by atoms with E-state index in [1.165, 1.54) is 83.5 Å². The fourth-order valence-corrected chi connectivity index (χ4v) is 4.35. The molecule has 0 aromatic heterocycles. The fraction of sp³-hybridized carbons (Fsp3) is 0.741. The molecule has 3 atom stereocenters. The highest BCUT2D eigenvalue weighted by Crippen LogP contribution is 2.27. The highest BCUT2D eigenvalue weighted by atomic mass is 16.5. The Morgan fingerprint density at radius 1 is 0.828 bits per heavy atom. The number of hydrogen-bond acceptors (Lipinski definition) is 2. The van der Waals surface area contributed by atoms with Gasteiger partial charge in [-0.05, 0) is 24.0 Å². The average Bonchev–Trinajstić information content (AvgIpc) is 3.24. The first-order valence-electron chi connectivity index (χ1n) is 12.5. The van der Waals surface area contributed by atoms with Gasteiger partial charge in [0.2, 0.25) is 5.90 Å². The van der Waals surface area contributed by atoms with Crippen molar-refractivity contribution in [2.24, 2.45) is 16.8 Å². The Kier molecular flexibility index (Phi) is 12.1. The molecule has 1 aromatic carbocycles. The smallest absolute Gasteiger partial charge is 0.216 e. The first-order valence-corrected chi connectivity index (χ1v) is 12.5. The molecule has 0 fully saturated rings. The van der Waals surface area contributed by atoms with Gasteiger partial charge in [-0.15, -0.1) is 0 Å². The van der Waals surface area contributed by atoms with E-state index in [0.717, 1.165) is 18.1 Å². The van der Waals surface area contributed by atoms with Gasteiger partial charge in [0, 0.05) is 5.56 Å². The average molecular weight is 400 g/mol. The number of nitrogens with zero attached hydrogens (tertiary/aromatic N) is 1. The molecular weight excluding hydrogens is 354 g/mol. The summed E-state index contributed by atoms with van der Waals surface area (Å²) < 4.78 is 5.89. The highest BCUT2D eigenvalue weighted by molar-refractivity contribution is 5.95. The van der Waals surface area contributed by atoms with Crippen LogP contribution in [0.5, 0.6) is 0 Å². The van der Waals surface area contributed by atoms with Crippen LogP contribution in [-0.4, -0.2) is 18.5 Å². The van der Waals surface area contributed by atoms with Crippen LogP contribution in [0.4, 0.5) is 0 Å². The summed E-state index contributed by atoms with van der Waals surface area (Å²) in [6.07, 6.45) is 18.4. The van der Waals surface area contributed by atoms with Crippen LogP contribution in [0.3, 0.4) is 0 Å². The first-order chi connectivity index (χ1) is 14.2. The predicted molar refractivity (Wildman–Crippen MR) is 127 cm³/mol. The Hall–Kier alpha value is -1.31. The molecule has 1 heterocycles. The molecule has 0 N–H and O–H groups in total. The number of benzene rings is 1. The van der Waals surface area contributed by atoms with Crippen molar-refractivity contribution in [2.45, 2.75) is 110 Å². The molecule has 0 spiro atoms. The highest BCUT2D eigenvalue weighted by Gasteiger charge is 2.28. The van der Waals surface area contributed by atoms with Gasteiger partial charge in [0.05, 0.1) is 6.04 Å². The van der Waals surface area contributed by atoms with E-state index in [-0.39, 0.29) is 0 Å². The molecule has 0 amide bonds. The van der Waals surface area contributed by atoms with Gasteiger partial charge in [-0.1, -0.05) is 122 Å².